The highest BCUT2D eigenvalue weighted by Crippen LogP contribution is 2.23. The van der Waals surface area contributed by atoms with Crippen LogP contribution in [0.15, 0.2) is 29.0 Å². The fourth-order valence-electron chi connectivity index (χ4n) is 2.06. The normalized spacial score (nSPS) is 18.2. The molecule has 5 nitrogen and oxygen atoms in total. The Bertz CT molecular complexity index is 485. The molecule has 2 aromatic rings. The average molecular weight is 303 g/mol. The van der Waals surface area contributed by atoms with E-state index in [1.54, 1.807) is 12.4 Å². The monoisotopic (exact) mass is 302 g/mol. The molecule has 0 saturated carbocycles. The van der Waals surface area contributed by atoms with E-state index >= 15 is 0 Å². The van der Waals surface area contributed by atoms with Crippen LogP contribution in [-0.2, 0) is 0 Å². The number of hydrogen-bond acceptors (Lipinski definition) is 5. The lowest BCUT2D eigenvalue weighted by molar-refractivity contribution is 0.297. The van der Waals surface area contributed by atoms with Gasteiger partial charge >= 0.3 is 0 Å². The van der Waals surface area contributed by atoms with Crippen LogP contribution in [-0.4, -0.2) is 21.7 Å². The number of aromatic nitrogens is 3. The minimum absolute atomic E-state index is 0. The second kappa shape index (κ2) is 7.43. The van der Waals surface area contributed by atoms with E-state index in [4.69, 9.17) is 4.52 Å². The summed E-state index contributed by atoms with van der Waals surface area (Å²) in [5, 5.41) is 7.40. The van der Waals surface area contributed by atoms with E-state index < -0.39 is 0 Å². The summed E-state index contributed by atoms with van der Waals surface area (Å²) in [6.07, 6.45) is 6.96. The van der Waals surface area contributed by atoms with Gasteiger partial charge in [0.15, 0.2) is 0 Å². The summed E-state index contributed by atoms with van der Waals surface area (Å²) >= 11 is 0. The zero-order valence-electron chi connectivity index (χ0n) is 10.3. The maximum Gasteiger partial charge on any atom is 0.244 e. The van der Waals surface area contributed by atoms with Crippen LogP contribution in [0.2, 0.25) is 0 Å². The molecule has 1 atom stereocenters. The van der Waals surface area contributed by atoms with Crippen molar-refractivity contribution in [3.63, 3.8) is 0 Å². The van der Waals surface area contributed by atoms with Crippen molar-refractivity contribution in [2.24, 2.45) is 0 Å². The van der Waals surface area contributed by atoms with Crippen molar-refractivity contribution in [1.82, 2.24) is 20.4 Å². The van der Waals surface area contributed by atoms with Gasteiger partial charge in [-0.2, -0.15) is 4.98 Å². The summed E-state index contributed by atoms with van der Waals surface area (Å²) in [5.41, 5.74) is 0.936. The largest absolute Gasteiger partial charge is 0.337 e. The second-order valence-corrected chi connectivity index (χ2v) is 4.19. The summed E-state index contributed by atoms with van der Waals surface area (Å²) in [4.78, 5) is 8.41. The maximum absolute atomic E-state index is 5.31. The van der Waals surface area contributed by atoms with Gasteiger partial charge < -0.3 is 9.84 Å². The highest BCUT2D eigenvalue weighted by Gasteiger charge is 2.21. The molecule has 1 fully saturated rings. The Hall–Kier alpha value is -1.17. The van der Waals surface area contributed by atoms with Crippen molar-refractivity contribution in [3.8, 4) is 11.4 Å². The lowest BCUT2D eigenvalue weighted by Gasteiger charge is -2.19. The number of pyridine rings is 1. The first-order valence-electron chi connectivity index (χ1n) is 5.91. The number of piperidine rings is 1. The molecule has 0 radical (unpaired) electrons. The van der Waals surface area contributed by atoms with Gasteiger partial charge in [-0.25, -0.2) is 0 Å². The molecule has 3 heterocycles. The maximum atomic E-state index is 5.31. The van der Waals surface area contributed by atoms with Crippen LogP contribution in [0.5, 0.6) is 0 Å². The standard InChI is InChI=1S/C12H14N4O.2ClH/c1-2-6-14-10(3-1)12-15-11(16-17-12)9-4-7-13-8-5-9;;/h4-5,7-8,10,14H,1-3,6H2;2*1H. The quantitative estimate of drug-likeness (QED) is 0.924. The molecule has 3 rings (SSSR count). The molecule has 0 spiro atoms. The summed E-state index contributed by atoms with van der Waals surface area (Å²) in [5.74, 6) is 1.33. The highest BCUT2D eigenvalue weighted by molar-refractivity contribution is 5.85. The van der Waals surface area contributed by atoms with Crippen LogP contribution in [0.3, 0.4) is 0 Å². The van der Waals surface area contributed by atoms with E-state index in [0.717, 1.165) is 18.5 Å². The Kier molecular flexibility index (Phi) is 6.21. The van der Waals surface area contributed by atoms with Crippen LogP contribution in [0, 0.1) is 0 Å². The Morgan fingerprint density at radius 3 is 2.63 bits per heavy atom. The molecule has 1 aliphatic heterocycles. The van der Waals surface area contributed by atoms with E-state index in [0.29, 0.717) is 11.7 Å². The molecule has 1 N–H and O–H groups in total. The molecule has 7 heteroatoms. The SMILES string of the molecule is Cl.Cl.c1cc(-c2noc(C3CCCCN3)n2)ccn1. The molecule has 19 heavy (non-hydrogen) atoms. The van der Waals surface area contributed by atoms with Gasteiger partial charge in [-0.15, -0.1) is 24.8 Å². The fourth-order valence-corrected chi connectivity index (χ4v) is 2.06. The zero-order chi connectivity index (χ0) is 11.5. The number of hydrogen-bond donors (Lipinski definition) is 1. The molecule has 2 aromatic heterocycles. The Balaban J connectivity index is 0.000000902. The number of nitrogens with zero attached hydrogens (tertiary/aromatic N) is 3. The van der Waals surface area contributed by atoms with Gasteiger partial charge in [-0.1, -0.05) is 11.6 Å². The van der Waals surface area contributed by atoms with Gasteiger partial charge in [0.25, 0.3) is 0 Å². The van der Waals surface area contributed by atoms with Crippen molar-refractivity contribution in [1.29, 1.82) is 0 Å². The smallest absolute Gasteiger partial charge is 0.244 e. The number of halogens is 2. The summed E-state index contributed by atoms with van der Waals surface area (Å²) in [6, 6.07) is 3.97. The Morgan fingerprint density at radius 1 is 1.16 bits per heavy atom. The molecule has 104 valence electrons. The zero-order valence-corrected chi connectivity index (χ0v) is 11.9. The van der Waals surface area contributed by atoms with Crippen molar-refractivity contribution < 1.29 is 4.52 Å². The highest BCUT2D eigenvalue weighted by atomic mass is 35.5. The first kappa shape index (κ1) is 15.9. The number of nitrogens with one attached hydrogen (secondary N) is 1. The fraction of sp³-hybridized carbons (Fsp3) is 0.417. The third kappa shape index (κ3) is 3.65. The molecule has 0 bridgehead atoms. The van der Waals surface area contributed by atoms with Crippen molar-refractivity contribution in [3.05, 3.63) is 30.4 Å². The van der Waals surface area contributed by atoms with Gasteiger partial charge in [0.2, 0.25) is 11.7 Å². The third-order valence-electron chi connectivity index (χ3n) is 2.99. The average Bonchev–Trinajstić information content (AvgIpc) is 2.90. The molecule has 0 aromatic carbocycles. The van der Waals surface area contributed by atoms with Crippen LogP contribution >= 0.6 is 24.8 Å². The van der Waals surface area contributed by atoms with E-state index in [9.17, 15) is 0 Å². The first-order chi connectivity index (χ1) is 8.43. The van der Waals surface area contributed by atoms with E-state index in [1.165, 1.54) is 12.8 Å². The van der Waals surface area contributed by atoms with Gasteiger partial charge in [-0.05, 0) is 31.5 Å². The summed E-state index contributed by atoms with van der Waals surface area (Å²) in [6.45, 7) is 1.03. The van der Waals surface area contributed by atoms with Crippen LogP contribution in [0.1, 0.15) is 31.2 Å². The van der Waals surface area contributed by atoms with Gasteiger partial charge in [0, 0.05) is 18.0 Å². The minimum atomic E-state index is 0. The van der Waals surface area contributed by atoms with E-state index in [2.05, 4.69) is 20.4 Å². The summed E-state index contributed by atoms with van der Waals surface area (Å²) in [7, 11) is 0. The molecule has 1 saturated heterocycles. The van der Waals surface area contributed by atoms with Gasteiger partial charge in [-0.3, -0.25) is 4.98 Å². The van der Waals surface area contributed by atoms with Gasteiger partial charge in [0.1, 0.15) is 0 Å². The lowest BCUT2D eigenvalue weighted by atomic mass is 10.1. The predicted molar refractivity (Wildman–Crippen MR) is 76.6 cm³/mol. The minimum Gasteiger partial charge on any atom is -0.337 e. The molecular weight excluding hydrogens is 287 g/mol. The molecular formula is C12H16Cl2N4O. The lowest BCUT2D eigenvalue weighted by Crippen LogP contribution is -2.26. The number of rotatable bonds is 2. The third-order valence-corrected chi connectivity index (χ3v) is 2.99. The van der Waals surface area contributed by atoms with Crippen LogP contribution in [0.25, 0.3) is 11.4 Å². The van der Waals surface area contributed by atoms with E-state index in [1.807, 2.05) is 12.1 Å². The second-order valence-electron chi connectivity index (χ2n) is 4.19. The first-order valence-corrected chi connectivity index (χ1v) is 5.91. The Labute approximate surface area is 124 Å². The molecule has 0 aliphatic carbocycles. The van der Waals surface area contributed by atoms with Crippen molar-refractivity contribution in [2.75, 3.05) is 6.54 Å². The Morgan fingerprint density at radius 2 is 1.95 bits per heavy atom. The molecule has 1 aliphatic rings. The predicted octanol–water partition coefficient (Wildman–Crippen LogP) is 2.79. The van der Waals surface area contributed by atoms with Crippen LogP contribution < -0.4 is 5.32 Å². The molecule has 1 unspecified atom stereocenters. The van der Waals surface area contributed by atoms with Crippen LogP contribution in [0.4, 0.5) is 0 Å². The van der Waals surface area contributed by atoms with Crippen molar-refractivity contribution in [2.45, 2.75) is 25.3 Å². The van der Waals surface area contributed by atoms with Gasteiger partial charge in [0.05, 0.1) is 6.04 Å². The topological polar surface area (TPSA) is 63.8 Å². The summed E-state index contributed by atoms with van der Waals surface area (Å²) < 4.78 is 5.31. The van der Waals surface area contributed by atoms with Crippen molar-refractivity contribution >= 4 is 24.8 Å². The van der Waals surface area contributed by atoms with E-state index in [-0.39, 0.29) is 30.9 Å². The molecule has 0 amide bonds.